The number of rotatable bonds is 6. The molecule has 0 heterocycles. The first-order chi connectivity index (χ1) is 11.6. The molecule has 1 unspecified atom stereocenters. The van der Waals surface area contributed by atoms with Crippen LogP contribution in [0.1, 0.15) is 52.4 Å². The lowest BCUT2D eigenvalue weighted by Crippen LogP contribution is -2.62. The van der Waals surface area contributed by atoms with E-state index >= 15 is 0 Å². The van der Waals surface area contributed by atoms with Gasteiger partial charge in [-0.1, -0.05) is 36.8 Å². The van der Waals surface area contributed by atoms with Crippen molar-refractivity contribution in [1.82, 2.24) is 16.0 Å². The number of hydrogen-bond donors (Lipinski definition) is 4. The largest absolute Gasteiger partial charge is 0.370 e. The van der Waals surface area contributed by atoms with Crippen LogP contribution in [0.5, 0.6) is 0 Å². The predicted molar refractivity (Wildman–Crippen MR) is 101 cm³/mol. The Morgan fingerprint density at radius 3 is 2.79 bits per heavy atom. The highest BCUT2D eigenvalue weighted by atomic mass is 15.3. The fraction of sp³-hybridized carbons (Fsp3) is 0.632. The lowest BCUT2D eigenvalue weighted by Gasteiger charge is -2.36. The van der Waals surface area contributed by atoms with Crippen LogP contribution in [0.4, 0.5) is 0 Å². The van der Waals surface area contributed by atoms with Crippen LogP contribution in [0.15, 0.2) is 28.8 Å². The van der Waals surface area contributed by atoms with E-state index < -0.39 is 0 Å². The number of nitrogens with one attached hydrogen (secondary N) is 3. The summed E-state index contributed by atoms with van der Waals surface area (Å²) < 4.78 is 0. The van der Waals surface area contributed by atoms with Crippen LogP contribution in [0.2, 0.25) is 0 Å². The van der Waals surface area contributed by atoms with E-state index in [0.29, 0.717) is 19.2 Å². The fourth-order valence-corrected chi connectivity index (χ4v) is 3.17. The predicted octanol–water partition coefficient (Wildman–Crippen LogP) is 1.99. The SMILES string of the molecule is CCN=C(N)NC1(NCNC2C#CC=C(C)C=C2)CCCCCC1. The Bertz CT molecular complexity index is 542. The highest BCUT2D eigenvalue weighted by Crippen LogP contribution is 2.24. The van der Waals surface area contributed by atoms with Crippen LogP contribution in [0.3, 0.4) is 0 Å². The van der Waals surface area contributed by atoms with E-state index in [-0.39, 0.29) is 11.7 Å². The number of aliphatic imine (C=N–C) groups is 1. The van der Waals surface area contributed by atoms with Gasteiger partial charge in [-0.15, -0.1) is 0 Å². The minimum absolute atomic E-state index is 0.0654. The molecule has 0 aromatic carbocycles. The molecule has 5 nitrogen and oxygen atoms in total. The van der Waals surface area contributed by atoms with Gasteiger partial charge in [0.15, 0.2) is 5.96 Å². The maximum Gasteiger partial charge on any atom is 0.190 e. The van der Waals surface area contributed by atoms with Crippen molar-refractivity contribution in [2.45, 2.75) is 64.1 Å². The van der Waals surface area contributed by atoms with Crippen LogP contribution < -0.4 is 21.7 Å². The summed E-state index contributed by atoms with van der Waals surface area (Å²) in [7, 11) is 0. The van der Waals surface area contributed by atoms with Crippen molar-refractivity contribution < 1.29 is 0 Å². The minimum Gasteiger partial charge on any atom is -0.370 e. The molecular formula is C19H31N5. The average molecular weight is 329 g/mol. The average Bonchev–Trinajstić information content (AvgIpc) is 2.89. The number of hydrogen-bond acceptors (Lipinski definition) is 3. The second-order valence-electron chi connectivity index (χ2n) is 6.55. The van der Waals surface area contributed by atoms with E-state index in [1.807, 2.05) is 13.0 Å². The van der Waals surface area contributed by atoms with Crippen LogP contribution in [-0.4, -0.2) is 30.9 Å². The second kappa shape index (κ2) is 9.51. The van der Waals surface area contributed by atoms with Crippen molar-refractivity contribution in [2.24, 2.45) is 10.7 Å². The molecule has 0 aromatic rings. The van der Waals surface area contributed by atoms with Gasteiger partial charge in [-0.05, 0) is 51.2 Å². The Morgan fingerprint density at radius 2 is 2.08 bits per heavy atom. The maximum absolute atomic E-state index is 6.04. The lowest BCUT2D eigenvalue weighted by atomic mass is 10.0. The van der Waals surface area contributed by atoms with Crippen molar-refractivity contribution >= 4 is 5.96 Å². The Hall–Kier alpha value is -1.77. The van der Waals surface area contributed by atoms with E-state index in [4.69, 9.17) is 5.73 Å². The Labute approximate surface area is 146 Å². The zero-order chi connectivity index (χ0) is 17.3. The Balaban J connectivity index is 1.93. The number of nitrogens with two attached hydrogens (primary N) is 1. The molecule has 2 aliphatic carbocycles. The van der Waals surface area contributed by atoms with Gasteiger partial charge in [0.05, 0.1) is 11.7 Å². The van der Waals surface area contributed by atoms with Gasteiger partial charge in [-0.2, -0.15) is 0 Å². The molecule has 5 N–H and O–H groups in total. The molecule has 132 valence electrons. The van der Waals surface area contributed by atoms with E-state index in [2.05, 4.69) is 51.9 Å². The number of guanidine groups is 1. The van der Waals surface area contributed by atoms with Gasteiger partial charge in [-0.25, -0.2) is 0 Å². The van der Waals surface area contributed by atoms with Crippen molar-refractivity contribution in [3.63, 3.8) is 0 Å². The first kappa shape index (κ1) is 18.6. The van der Waals surface area contributed by atoms with E-state index in [0.717, 1.165) is 12.8 Å². The zero-order valence-corrected chi connectivity index (χ0v) is 15.0. The lowest BCUT2D eigenvalue weighted by molar-refractivity contribution is 0.251. The van der Waals surface area contributed by atoms with Gasteiger partial charge in [-0.3, -0.25) is 15.6 Å². The molecule has 0 radical (unpaired) electrons. The van der Waals surface area contributed by atoms with Gasteiger partial charge in [0.1, 0.15) is 0 Å². The van der Waals surface area contributed by atoms with Crippen LogP contribution in [-0.2, 0) is 0 Å². The van der Waals surface area contributed by atoms with Gasteiger partial charge in [0.2, 0.25) is 0 Å². The molecule has 0 spiro atoms. The molecule has 2 rings (SSSR count). The maximum atomic E-state index is 6.04. The molecule has 0 aliphatic heterocycles. The van der Waals surface area contributed by atoms with Crippen LogP contribution in [0.25, 0.3) is 0 Å². The summed E-state index contributed by atoms with van der Waals surface area (Å²) in [4.78, 5) is 4.30. The molecule has 1 fully saturated rings. The smallest absolute Gasteiger partial charge is 0.190 e. The van der Waals surface area contributed by atoms with E-state index in [1.165, 1.54) is 31.3 Å². The van der Waals surface area contributed by atoms with Gasteiger partial charge in [0, 0.05) is 13.2 Å². The number of allylic oxidation sites excluding steroid dienone is 3. The molecule has 24 heavy (non-hydrogen) atoms. The fourth-order valence-electron chi connectivity index (χ4n) is 3.17. The summed E-state index contributed by atoms with van der Waals surface area (Å²) in [5.41, 5.74) is 7.05. The quantitative estimate of drug-likeness (QED) is 0.198. The summed E-state index contributed by atoms with van der Waals surface area (Å²) in [6.07, 6.45) is 13.2. The first-order valence-electron chi connectivity index (χ1n) is 9.06. The molecular weight excluding hydrogens is 298 g/mol. The van der Waals surface area contributed by atoms with Gasteiger partial charge >= 0.3 is 0 Å². The third-order valence-corrected chi connectivity index (χ3v) is 4.49. The zero-order valence-electron chi connectivity index (χ0n) is 15.0. The molecule has 1 saturated carbocycles. The third kappa shape index (κ3) is 6.03. The molecule has 0 bridgehead atoms. The van der Waals surface area contributed by atoms with Crippen molar-refractivity contribution in [3.05, 3.63) is 23.8 Å². The standard InChI is InChI=1S/C19H31N5/c1-3-21-18(20)24-19(13-6-4-5-7-14-19)23-15-22-17-10-8-9-16(2)11-12-17/h9,11-12,17,22-23H,3-7,13-15H2,1-2H3,(H3,20,21,24). The molecule has 5 heteroatoms. The monoisotopic (exact) mass is 329 g/mol. The topological polar surface area (TPSA) is 74.5 Å². The third-order valence-electron chi connectivity index (χ3n) is 4.49. The van der Waals surface area contributed by atoms with Crippen molar-refractivity contribution in [1.29, 1.82) is 0 Å². The first-order valence-corrected chi connectivity index (χ1v) is 9.06. The Kier molecular flexibility index (Phi) is 7.36. The summed E-state index contributed by atoms with van der Waals surface area (Å²) in [6.45, 7) is 5.43. The summed E-state index contributed by atoms with van der Waals surface area (Å²) >= 11 is 0. The highest BCUT2D eigenvalue weighted by molar-refractivity contribution is 5.78. The summed E-state index contributed by atoms with van der Waals surface area (Å²) in [6, 6.07) is 0.0654. The molecule has 0 saturated heterocycles. The molecule has 2 aliphatic rings. The highest BCUT2D eigenvalue weighted by Gasteiger charge is 2.30. The van der Waals surface area contributed by atoms with Crippen molar-refractivity contribution in [3.8, 4) is 11.8 Å². The minimum atomic E-state index is -0.178. The van der Waals surface area contributed by atoms with Crippen LogP contribution in [0, 0.1) is 11.8 Å². The van der Waals surface area contributed by atoms with Gasteiger partial charge in [0.25, 0.3) is 0 Å². The Morgan fingerprint density at radius 1 is 1.33 bits per heavy atom. The van der Waals surface area contributed by atoms with Crippen molar-refractivity contribution in [2.75, 3.05) is 13.2 Å². The van der Waals surface area contributed by atoms with E-state index in [1.54, 1.807) is 0 Å². The normalized spacial score (nSPS) is 23.5. The summed E-state index contributed by atoms with van der Waals surface area (Å²) in [5.74, 6) is 6.82. The molecule has 0 amide bonds. The summed E-state index contributed by atoms with van der Waals surface area (Å²) in [5, 5.41) is 10.5. The molecule has 1 atom stereocenters. The second-order valence-corrected chi connectivity index (χ2v) is 6.55. The van der Waals surface area contributed by atoms with E-state index in [9.17, 15) is 0 Å². The molecule has 0 aromatic heterocycles. The van der Waals surface area contributed by atoms with Crippen LogP contribution >= 0.6 is 0 Å². The number of nitrogens with zero attached hydrogens (tertiary/aromatic N) is 1. The van der Waals surface area contributed by atoms with Gasteiger partial charge < -0.3 is 11.1 Å².